The van der Waals surface area contributed by atoms with E-state index in [1.165, 1.54) is 0 Å². The molecule has 0 aliphatic carbocycles. The van der Waals surface area contributed by atoms with Crippen LogP contribution in [0.15, 0.2) is 12.2 Å². The van der Waals surface area contributed by atoms with Crippen molar-refractivity contribution in [2.75, 3.05) is 13.7 Å². The number of hydrogen-bond acceptors (Lipinski definition) is 5. The van der Waals surface area contributed by atoms with Gasteiger partial charge in [0.05, 0.1) is 7.11 Å². The van der Waals surface area contributed by atoms with Crippen molar-refractivity contribution in [2.45, 2.75) is 31.7 Å². The average molecular weight is 320 g/mol. The predicted molar refractivity (Wildman–Crippen MR) is 58.3 cm³/mol. The van der Waals surface area contributed by atoms with Crippen LogP contribution in [0.2, 0.25) is 0 Å². The largest absolute Gasteiger partial charge is 0.468 e. The van der Waals surface area contributed by atoms with Crippen LogP contribution < -0.4 is 0 Å². The van der Waals surface area contributed by atoms with Crippen LogP contribution in [0, 0.1) is 0 Å². The van der Waals surface area contributed by atoms with E-state index in [0.717, 1.165) is 6.92 Å². The zero-order chi connectivity index (χ0) is 17.1. The zero-order valence-electron chi connectivity index (χ0n) is 11.3. The molecule has 0 amide bonds. The fourth-order valence-corrected chi connectivity index (χ4v) is 0.966. The molecule has 5 nitrogen and oxygen atoms in total. The molecule has 122 valence electrons. The monoisotopic (exact) mass is 320 g/mol. The Morgan fingerprint density at radius 2 is 1.62 bits per heavy atom. The van der Waals surface area contributed by atoms with E-state index in [4.69, 9.17) is 0 Å². The second-order valence-corrected chi connectivity index (χ2v) is 4.13. The summed E-state index contributed by atoms with van der Waals surface area (Å²) in [6.45, 7) is 2.44. The highest BCUT2D eigenvalue weighted by Gasteiger charge is 2.68. The minimum absolute atomic E-state index is 0.256. The fraction of sp³-hybridized carbons (Fsp3) is 0.636. The molecule has 0 aromatic heterocycles. The van der Waals surface area contributed by atoms with Gasteiger partial charge in [0.1, 0.15) is 6.61 Å². The number of methoxy groups -OCH3 is 1. The van der Waals surface area contributed by atoms with E-state index < -0.39 is 42.0 Å². The first-order valence-corrected chi connectivity index (χ1v) is 5.32. The number of carbonyl (C=O) groups excluding carboxylic acids is 2. The number of hydrogen-bond donors (Lipinski definition) is 0. The Hall–Kier alpha value is -1.71. The summed E-state index contributed by atoms with van der Waals surface area (Å²) in [4.78, 5) is 22.6. The molecule has 0 saturated carbocycles. The smallest absolute Gasteiger partial charge is 0.464 e. The van der Waals surface area contributed by atoms with Gasteiger partial charge in [0.25, 0.3) is 5.92 Å². The first-order chi connectivity index (χ1) is 9.27. The van der Waals surface area contributed by atoms with Gasteiger partial charge in [-0.05, 0) is 6.92 Å². The third-order valence-electron chi connectivity index (χ3n) is 1.94. The first kappa shape index (κ1) is 19.3. The second kappa shape index (κ2) is 6.37. The Bertz CT molecular complexity index is 426. The van der Waals surface area contributed by atoms with Crippen LogP contribution in [0.3, 0.4) is 0 Å². The third kappa shape index (κ3) is 4.96. The van der Waals surface area contributed by atoms with E-state index in [1.807, 2.05) is 0 Å². The van der Waals surface area contributed by atoms with E-state index in [2.05, 4.69) is 20.8 Å². The lowest BCUT2D eigenvalue weighted by Crippen LogP contribution is -2.59. The van der Waals surface area contributed by atoms with Gasteiger partial charge in [-0.1, -0.05) is 6.58 Å². The molecule has 0 aliphatic rings. The number of carbonyl (C=O) groups is 2. The van der Waals surface area contributed by atoms with Crippen molar-refractivity contribution in [3.05, 3.63) is 12.2 Å². The number of ether oxygens (including phenoxy) is 3. The number of alkyl halides is 5. The van der Waals surface area contributed by atoms with Gasteiger partial charge in [-0.15, -0.1) is 0 Å². The average Bonchev–Trinajstić information content (AvgIpc) is 2.30. The van der Waals surface area contributed by atoms with Crippen molar-refractivity contribution in [3.63, 3.8) is 0 Å². The van der Waals surface area contributed by atoms with E-state index in [1.54, 1.807) is 0 Å². The van der Waals surface area contributed by atoms with Crippen molar-refractivity contribution >= 4 is 11.9 Å². The van der Waals surface area contributed by atoms with Crippen LogP contribution in [0.25, 0.3) is 0 Å². The maximum Gasteiger partial charge on any atom is 0.468 e. The van der Waals surface area contributed by atoms with Crippen LogP contribution in [0.4, 0.5) is 22.0 Å². The van der Waals surface area contributed by atoms with Gasteiger partial charge in [0.2, 0.25) is 0 Å². The summed E-state index contributed by atoms with van der Waals surface area (Å²) in [6.07, 6.45) is -5.64. The summed E-state index contributed by atoms with van der Waals surface area (Å²) in [6, 6.07) is 0. The molecule has 1 unspecified atom stereocenters. The zero-order valence-corrected chi connectivity index (χ0v) is 11.3. The standard InChI is InChI=1S/C11H13F5O5/c1-6(2)7(17)21-10(8(18)19-4,11(14,15)16)20-5-9(3,12)13/h1,5H2,2-4H3. The summed E-state index contributed by atoms with van der Waals surface area (Å²) in [5, 5.41) is 0. The van der Waals surface area contributed by atoms with Crippen molar-refractivity contribution in [3.8, 4) is 0 Å². The molecule has 0 aliphatic heterocycles. The van der Waals surface area contributed by atoms with Crippen molar-refractivity contribution in [1.29, 1.82) is 0 Å². The molecule has 0 saturated heterocycles. The number of rotatable bonds is 6. The lowest BCUT2D eigenvalue weighted by molar-refractivity contribution is -0.361. The molecular formula is C11H13F5O5. The SMILES string of the molecule is C=C(C)C(=O)OC(OCC(C)(F)F)(C(=O)OC)C(F)(F)F. The van der Waals surface area contributed by atoms with Gasteiger partial charge in [-0.25, -0.2) is 18.4 Å². The molecule has 10 heteroatoms. The van der Waals surface area contributed by atoms with Crippen molar-refractivity contribution in [2.24, 2.45) is 0 Å². The van der Waals surface area contributed by atoms with Gasteiger partial charge in [-0.3, -0.25) is 0 Å². The van der Waals surface area contributed by atoms with Crippen molar-refractivity contribution < 1.29 is 45.8 Å². The quantitative estimate of drug-likeness (QED) is 0.325. The lowest BCUT2D eigenvalue weighted by atomic mass is 10.2. The summed E-state index contributed by atoms with van der Waals surface area (Å²) in [5.41, 5.74) is -0.501. The molecule has 0 spiro atoms. The van der Waals surface area contributed by atoms with Crippen LogP contribution in [0.1, 0.15) is 13.8 Å². The number of esters is 2. The highest BCUT2D eigenvalue weighted by Crippen LogP contribution is 2.37. The maximum absolute atomic E-state index is 13.0. The Labute approximate surface area is 116 Å². The molecule has 0 radical (unpaired) electrons. The molecule has 1 atom stereocenters. The highest BCUT2D eigenvalue weighted by atomic mass is 19.4. The fourth-order valence-electron chi connectivity index (χ4n) is 0.966. The lowest BCUT2D eigenvalue weighted by Gasteiger charge is -2.32. The van der Waals surface area contributed by atoms with Gasteiger partial charge in [0, 0.05) is 12.5 Å². The Morgan fingerprint density at radius 1 is 1.14 bits per heavy atom. The molecule has 0 aromatic rings. The van der Waals surface area contributed by atoms with E-state index in [-0.39, 0.29) is 6.92 Å². The van der Waals surface area contributed by atoms with E-state index in [9.17, 15) is 31.5 Å². The van der Waals surface area contributed by atoms with Crippen LogP contribution >= 0.6 is 0 Å². The molecule has 0 bridgehead atoms. The minimum atomic E-state index is -5.64. The van der Waals surface area contributed by atoms with Gasteiger partial charge in [0.15, 0.2) is 0 Å². The Morgan fingerprint density at radius 3 is 1.90 bits per heavy atom. The highest BCUT2D eigenvalue weighted by molar-refractivity contribution is 5.90. The second-order valence-electron chi connectivity index (χ2n) is 4.13. The predicted octanol–water partition coefficient (Wildman–Crippen LogP) is 2.21. The van der Waals surface area contributed by atoms with Gasteiger partial charge in [-0.2, -0.15) is 13.2 Å². The van der Waals surface area contributed by atoms with Crippen LogP contribution in [0.5, 0.6) is 0 Å². The Kier molecular flexibility index (Phi) is 5.85. The normalized spacial score (nSPS) is 15.0. The number of halogens is 5. The molecule has 0 rings (SSSR count). The first-order valence-electron chi connectivity index (χ1n) is 5.32. The van der Waals surface area contributed by atoms with Crippen LogP contribution in [-0.4, -0.2) is 43.5 Å². The minimum Gasteiger partial charge on any atom is -0.464 e. The van der Waals surface area contributed by atoms with E-state index >= 15 is 0 Å². The summed E-state index contributed by atoms with van der Waals surface area (Å²) < 4.78 is 76.2. The molecule has 0 N–H and O–H groups in total. The van der Waals surface area contributed by atoms with Crippen molar-refractivity contribution in [1.82, 2.24) is 0 Å². The third-order valence-corrected chi connectivity index (χ3v) is 1.94. The molecule has 0 heterocycles. The Balaban J connectivity index is 5.71. The summed E-state index contributed by atoms with van der Waals surface area (Å²) >= 11 is 0. The topological polar surface area (TPSA) is 61.8 Å². The molecule has 21 heavy (non-hydrogen) atoms. The van der Waals surface area contributed by atoms with E-state index in [0.29, 0.717) is 7.11 Å². The van der Waals surface area contributed by atoms with Crippen LogP contribution in [-0.2, 0) is 23.8 Å². The molecule has 0 fully saturated rings. The molecular weight excluding hydrogens is 307 g/mol. The summed E-state index contributed by atoms with van der Waals surface area (Å²) in [5.74, 6) is -11.9. The van der Waals surface area contributed by atoms with Gasteiger partial charge >= 0.3 is 23.9 Å². The summed E-state index contributed by atoms with van der Waals surface area (Å²) in [7, 11) is 0.547. The molecule has 0 aromatic carbocycles. The van der Waals surface area contributed by atoms with Gasteiger partial charge < -0.3 is 14.2 Å². The maximum atomic E-state index is 13.0.